The molecular formula is C22H15F2OP. The van der Waals surface area contributed by atoms with Crippen LogP contribution in [0.15, 0.2) is 91.0 Å². The van der Waals surface area contributed by atoms with E-state index >= 15 is 0 Å². The molecule has 4 aromatic rings. The first-order valence-corrected chi connectivity index (χ1v) is 9.90. The monoisotopic (exact) mass is 364 g/mol. The van der Waals surface area contributed by atoms with Gasteiger partial charge in [-0.05, 0) is 59.3 Å². The third kappa shape index (κ3) is 2.75. The summed E-state index contributed by atoms with van der Waals surface area (Å²) < 4.78 is 41.3. The Morgan fingerprint density at radius 2 is 1.08 bits per heavy atom. The van der Waals surface area contributed by atoms with Crippen molar-refractivity contribution in [3.63, 3.8) is 0 Å². The van der Waals surface area contributed by atoms with Crippen LogP contribution in [0.2, 0.25) is 0 Å². The highest BCUT2D eigenvalue weighted by molar-refractivity contribution is 7.85. The second-order valence-electron chi connectivity index (χ2n) is 6.06. The van der Waals surface area contributed by atoms with E-state index in [-0.39, 0.29) is 0 Å². The fraction of sp³-hybridized carbons (Fsp3) is 0. The first-order chi connectivity index (χ1) is 12.6. The molecule has 0 bridgehead atoms. The first-order valence-electron chi connectivity index (χ1n) is 8.20. The summed E-state index contributed by atoms with van der Waals surface area (Å²) in [5, 5.41) is 3.53. The van der Waals surface area contributed by atoms with Crippen molar-refractivity contribution in [2.45, 2.75) is 0 Å². The van der Waals surface area contributed by atoms with Crippen LogP contribution in [0, 0.1) is 11.6 Å². The van der Waals surface area contributed by atoms with Crippen LogP contribution < -0.4 is 15.9 Å². The maximum Gasteiger partial charge on any atom is 0.171 e. The summed E-state index contributed by atoms with van der Waals surface area (Å²) >= 11 is 0. The van der Waals surface area contributed by atoms with E-state index in [0.29, 0.717) is 15.9 Å². The van der Waals surface area contributed by atoms with Crippen molar-refractivity contribution >= 4 is 33.8 Å². The maximum atomic E-state index is 14.4. The summed E-state index contributed by atoms with van der Waals surface area (Å²) in [6, 6.07) is 24.7. The van der Waals surface area contributed by atoms with Crippen molar-refractivity contribution in [2.24, 2.45) is 0 Å². The molecule has 0 atom stereocenters. The summed E-state index contributed by atoms with van der Waals surface area (Å²) in [6.45, 7) is 0. The van der Waals surface area contributed by atoms with Crippen LogP contribution in [0.4, 0.5) is 8.78 Å². The quantitative estimate of drug-likeness (QED) is 0.479. The second-order valence-corrected chi connectivity index (χ2v) is 8.79. The molecule has 1 nitrogen and oxygen atoms in total. The van der Waals surface area contributed by atoms with Crippen LogP contribution in [0.1, 0.15) is 0 Å². The molecule has 0 fully saturated rings. The second kappa shape index (κ2) is 6.51. The molecule has 4 aromatic carbocycles. The van der Waals surface area contributed by atoms with E-state index in [9.17, 15) is 13.3 Å². The third-order valence-electron chi connectivity index (χ3n) is 4.49. The predicted molar refractivity (Wildman–Crippen MR) is 103 cm³/mol. The van der Waals surface area contributed by atoms with E-state index in [1.54, 1.807) is 24.3 Å². The zero-order chi connectivity index (χ0) is 18.1. The highest BCUT2D eigenvalue weighted by Crippen LogP contribution is 2.44. The van der Waals surface area contributed by atoms with Crippen LogP contribution in [-0.4, -0.2) is 0 Å². The minimum absolute atomic E-state index is 0.391. The number of hydrogen-bond acceptors (Lipinski definition) is 1. The highest BCUT2D eigenvalue weighted by atomic mass is 31.2. The van der Waals surface area contributed by atoms with E-state index in [0.717, 1.165) is 10.8 Å². The van der Waals surface area contributed by atoms with Gasteiger partial charge in [-0.3, -0.25) is 0 Å². The van der Waals surface area contributed by atoms with Crippen molar-refractivity contribution in [1.82, 2.24) is 0 Å². The van der Waals surface area contributed by atoms with Crippen molar-refractivity contribution in [2.75, 3.05) is 0 Å². The Balaban J connectivity index is 2.06. The molecule has 4 heteroatoms. The molecule has 0 aliphatic heterocycles. The summed E-state index contributed by atoms with van der Waals surface area (Å²) in [4.78, 5) is 0. The Morgan fingerprint density at radius 1 is 0.577 bits per heavy atom. The Kier molecular flexibility index (Phi) is 4.18. The van der Waals surface area contributed by atoms with Gasteiger partial charge >= 0.3 is 0 Å². The van der Waals surface area contributed by atoms with E-state index in [4.69, 9.17) is 0 Å². The minimum Gasteiger partial charge on any atom is -0.309 e. The SMILES string of the molecule is O=P(c1ccc(F)cc1)(c1ccc(F)cc1)c1cccc2ccccc12. The molecule has 0 spiro atoms. The molecule has 128 valence electrons. The van der Waals surface area contributed by atoms with E-state index in [2.05, 4.69) is 0 Å². The fourth-order valence-electron chi connectivity index (χ4n) is 3.21. The van der Waals surface area contributed by atoms with Gasteiger partial charge in [-0.2, -0.15) is 0 Å². The van der Waals surface area contributed by atoms with Crippen molar-refractivity contribution in [3.05, 3.63) is 103 Å². The molecule has 0 aliphatic carbocycles. The molecule has 0 radical (unpaired) electrons. The van der Waals surface area contributed by atoms with Gasteiger partial charge in [0.1, 0.15) is 11.6 Å². The molecule has 26 heavy (non-hydrogen) atoms. The Hall–Kier alpha value is -2.77. The van der Waals surface area contributed by atoms with E-state index < -0.39 is 18.8 Å². The first kappa shape index (κ1) is 16.7. The third-order valence-corrected chi connectivity index (χ3v) is 7.61. The Labute approximate surface area is 150 Å². The molecule has 0 saturated heterocycles. The minimum atomic E-state index is -3.29. The normalized spacial score (nSPS) is 11.6. The summed E-state index contributed by atoms with van der Waals surface area (Å²) in [6.07, 6.45) is 0. The van der Waals surface area contributed by atoms with Crippen molar-refractivity contribution < 1.29 is 13.3 Å². The van der Waals surface area contributed by atoms with E-state index in [1.165, 1.54) is 24.3 Å². The molecule has 4 rings (SSSR count). The number of fused-ring (bicyclic) bond motifs is 1. The number of rotatable bonds is 3. The molecule has 0 saturated carbocycles. The van der Waals surface area contributed by atoms with Crippen LogP contribution >= 0.6 is 7.14 Å². The number of hydrogen-bond donors (Lipinski definition) is 0. The Bertz CT molecular complexity index is 1060. The lowest BCUT2D eigenvalue weighted by atomic mass is 10.1. The van der Waals surface area contributed by atoms with Crippen LogP contribution in [-0.2, 0) is 4.57 Å². The van der Waals surface area contributed by atoms with Gasteiger partial charge in [0.05, 0.1) is 0 Å². The van der Waals surface area contributed by atoms with Crippen LogP contribution in [0.25, 0.3) is 10.8 Å². The zero-order valence-corrected chi connectivity index (χ0v) is 14.7. The molecule has 0 aliphatic rings. The van der Waals surface area contributed by atoms with E-state index in [1.807, 2.05) is 42.5 Å². The van der Waals surface area contributed by atoms with Gasteiger partial charge in [0.25, 0.3) is 0 Å². The summed E-state index contributed by atoms with van der Waals surface area (Å²) in [5.74, 6) is -0.783. The molecule has 0 unspecified atom stereocenters. The van der Waals surface area contributed by atoms with Gasteiger partial charge in [-0.25, -0.2) is 8.78 Å². The standard InChI is InChI=1S/C22H15F2OP/c23-17-8-12-19(13-9-17)26(25,20-14-10-18(24)11-15-20)22-7-3-5-16-4-1-2-6-21(16)22/h1-15H. The van der Waals surface area contributed by atoms with Gasteiger partial charge in [-0.15, -0.1) is 0 Å². The average molecular weight is 364 g/mol. The molecular weight excluding hydrogens is 349 g/mol. The summed E-state index contributed by atoms with van der Waals surface area (Å²) in [5.41, 5.74) is 0. The van der Waals surface area contributed by atoms with Gasteiger partial charge < -0.3 is 4.57 Å². The lowest BCUT2D eigenvalue weighted by Crippen LogP contribution is -2.25. The topological polar surface area (TPSA) is 17.1 Å². The number of benzene rings is 4. The maximum absolute atomic E-state index is 14.4. The molecule has 0 aromatic heterocycles. The largest absolute Gasteiger partial charge is 0.309 e. The highest BCUT2D eigenvalue weighted by Gasteiger charge is 2.31. The molecule has 0 N–H and O–H groups in total. The van der Waals surface area contributed by atoms with Crippen molar-refractivity contribution in [3.8, 4) is 0 Å². The zero-order valence-electron chi connectivity index (χ0n) is 13.8. The van der Waals surface area contributed by atoms with Gasteiger partial charge in [0, 0.05) is 15.9 Å². The number of halogens is 2. The average Bonchev–Trinajstić information content (AvgIpc) is 2.68. The molecule has 0 heterocycles. The van der Waals surface area contributed by atoms with Crippen molar-refractivity contribution in [1.29, 1.82) is 0 Å². The lowest BCUT2D eigenvalue weighted by molar-refractivity contribution is 0.592. The van der Waals surface area contributed by atoms with Gasteiger partial charge in [0.2, 0.25) is 0 Å². The molecule has 0 amide bonds. The van der Waals surface area contributed by atoms with Gasteiger partial charge in [-0.1, -0.05) is 42.5 Å². The predicted octanol–water partition coefficient (Wildman–Crippen LogP) is 4.76. The smallest absolute Gasteiger partial charge is 0.171 e. The lowest BCUT2D eigenvalue weighted by Gasteiger charge is -2.21. The Morgan fingerprint density at radius 3 is 1.65 bits per heavy atom. The van der Waals surface area contributed by atoms with Crippen LogP contribution in [0.3, 0.4) is 0 Å². The summed E-state index contributed by atoms with van der Waals surface area (Å²) in [7, 11) is -3.29. The van der Waals surface area contributed by atoms with Crippen LogP contribution in [0.5, 0.6) is 0 Å². The van der Waals surface area contributed by atoms with Gasteiger partial charge in [0.15, 0.2) is 7.14 Å². The fourth-order valence-corrected chi connectivity index (χ4v) is 6.04.